The van der Waals surface area contributed by atoms with Gasteiger partial charge in [-0.25, -0.2) is 13.8 Å². The zero-order valence-electron chi connectivity index (χ0n) is 7.65. The number of hydrogen-bond donors (Lipinski definition) is 0. The van der Waals surface area contributed by atoms with Crippen molar-refractivity contribution in [2.45, 2.75) is 11.8 Å². The first-order chi connectivity index (χ1) is 7.52. The molecule has 0 N–H and O–H groups in total. The molecule has 0 radical (unpaired) electrons. The summed E-state index contributed by atoms with van der Waals surface area (Å²) < 4.78 is 25.0. The van der Waals surface area contributed by atoms with Gasteiger partial charge < -0.3 is 0 Å². The van der Waals surface area contributed by atoms with Gasteiger partial charge in [0.1, 0.15) is 11.6 Å². The standard InChI is InChI=1S/C8H4BrF2N3O2/c9-1-4-6(2-12)13-3-5(8(10)11)7(4)14(15)16/h3,8H,1H2. The number of hydrogen-bond acceptors (Lipinski definition) is 4. The van der Waals surface area contributed by atoms with E-state index in [0.29, 0.717) is 6.20 Å². The lowest BCUT2D eigenvalue weighted by Crippen LogP contribution is -2.04. The molecular weight excluding hydrogens is 288 g/mol. The number of pyridine rings is 1. The minimum absolute atomic E-state index is 0.0836. The zero-order valence-corrected chi connectivity index (χ0v) is 9.24. The van der Waals surface area contributed by atoms with Gasteiger partial charge in [-0.15, -0.1) is 0 Å². The lowest BCUT2D eigenvalue weighted by Gasteiger charge is -2.05. The van der Waals surface area contributed by atoms with E-state index in [0.717, 1.165) is 0 Å². The number of aromatic nitrogens is 1. The highest BCUT2D eigenvalue weighted by Crippen LogP contribution is 2.33. The van der Waals surface area contributed by atoms with Crippen LogP contribution in [0.15, 0.2) is 6.20 Å². The van der Waals surface area contributed by atoms with Crippen LogP contribution in [0.5, 0.6) is 0 Å². The first-order valence-electron chi connectivity index (χ1n) is 3.93. The molecule has 0 amide bonds. The molecule has 0 saturated carbocycles. The molecule has 0 aliphatic heterocycles. The molecule has 0 aromatic carbocycles. The molecule has 0 spiro atoms. The average molecular weight is 292 g/mol. The van der Waals surface area contributed by atoms with Gasteiger partial charge in [-0.3, -0.25) is 10.1 Å². The maximum absolute atomic E-state index is 12.5. The van der Waals surface area contributed by atoms with Crippen molar-refractivity contribution < 1.29 is 13.7 Å². The number of nitriles is 1. The fourth-order valence-electron chi connectivity index (χ4n) is 1.16. The Morgan fingerprint density at radius 3 is 2.69 bits per heavy atom. The molecule has 16 heavy (non-hydrogen) atoms. The number of halogens is 3. The molecule has 1 aromatic heterocycles. The van der Waals surface area contributed by atoms with E-state index in [1.165, 1.54) is 0 Å². The van der Waals surface area contributed by atoms with Gasteiger partial charge >= 0.3 is 0 Å². The third kappa shape index (κ3) is 2.14. The quantitative estimate of drug-likeness (QED) is 0.487. The summed E-state index contributed by atoms with van der Waals surface area (Å²) in [6.07, 6.45) is -2.34. The van der Waals surface area contributed by atoms with Gasteiger partial charge in [0, 0.05) is 11.5 Å². The molecule has 5 nitrogen and oxygen atoms in total. The Morgan fingerprint density at radius 2 is 2.31 bits per heavy atom. The lowest BCUT2D eigenvalue weighted by molar-refractivity contribution is -0.387. The lowest BCUT2D eigenvalue weighted by atomic mass is 10.1. The van der Waals surface area contributed by atoms with Crippen LogP contribution in [0.2, 0.25) is 0 Å². The highest BCUT2D eigenvalue weighted by atomic mass is 79.9. The van der Waals surface area contributed by atoms with Gasteiger partial charge in [0.2, 0.25) is 0 Å². The van der Waals surface area contributed by atoms with Gasteiger partial charge in [0.15, 0.2) is 5.69 Å². The number of nitrogens with zero attached hydrogens (tertiary/aromatic N) is 3. The fourth-order valence-corrected chi connectivity index (χ4v) is 1.69. The smallest absolute Gasteiger partial charge is 0.258 e. The largest absolute Gasteiger partial charge is 0.286 e. The van der Waals surface area contributed by atoms with Crippen molar-refractivity contribution in [2.75, 3.05) is 0 Å². The van der Waals surface area contributed by atoms with Crippen LogP contribution >= 0.6 is 15.9 Å². The van der Waals surface area contributed by atoms with Gasteiger partial charge in [-0.05, 0) is 0 Å². The van der Waals surface area contributed by atoms with Crippen LogP contribution < -0.4 is 0 Å². The summed E-state index contributed by atoms with van der Waals surface area (Å²) in [4.78, 5) is 13.2. The molecule has 0 unspecified atom stereocenters. The Hall–Kier alpha value is -1.62. The normalized spacial score (nSPS) is 10.2. The molecule has 1 rings (SSSR count). The van der Waals surface area contributed by atoms with Crippen LogP contribution in [0.4, 0.5) is 14.5 Å². The maximum atomic E-state index is 12.5. The van der Waals surface area contributed by atoms with Crippen LogP contribution in [0, 0.1) is 21.4 Å². The van der Waals surface area contributed by atoms with E-state index in [9.17, 15) is 18.9 Å². The van der Waals surface area contributed by atoms with Gasteiger partial charge in [-0.1, -0.05) is 15.9 Å². The van der Waals surface area contributed by atoms with Gasteiger partial charge in [0.25, 0.3) is 12.1 Å². The first kappa shape index (κ1) is 12.4. The molecule has 0 saturated heterocycles. The minimum Gasteiger partial charge on any atom is -0.258 e. The molecule has 8 heteroatoms. The van der Waals surface area contributed by atoms with Crippen LogP contribution in [0.1, 0.15) is 23.2 Å². The summed E-state index contributed by atoms with van der Waals surface area (Å²) in [5, 5.41) is 19.2. The Kier molecular flexibility index (Phi) is 3.84. The van der Waals surface area contributed by atoms with Crippen molar-refractivity contribution in [1.82, 2.24) is 4.98 Å². The second kappa shape index (κ2) is 4.94. The number of nitro groups is 1. The number of alkyl halides is 3. The Morgan fingerprint density at radius 1 is 1.69 bits per heavy atom. The third-order valence-electron chi connectivity index (χ3n) is 1.84. The van der Waals surface area contributed by atoms with E-state index < -0.39 is 22.6 Å². The molecule has 0 aliphatic rings. The summed E-state index contributed by atoms with van der Waals surface area (Å²) in [5.74, 6) is 0. The first-order valence-corrected chi connectivity index (χ1v) is 5.05. The van der Waals surface area contributed by atoms with E-state index in [1.807, 2.05) is 0 Å². The van der Waals surface area contributed by atoms with Crippen LogP contribution in [-0.4, -0.2) is 9.91 Å². The molecule has 0 aliphatic carbocycles. The molecule has 0 fully saturated rings. The highest BCUT2D eigenvalue weighted by molar-refractivity contribution is 9.08. The summed E-state index contributed by atoms with van der Waals surface area (Å²) in [6, 6.07) is 1.62. The summed E-state index contributed by atoms with van der Waals surface area (Å²) in [7, 11) is 0. The van der Waals surface area contributed by atoms with Crippen LogP contribution in [0.3, 0.4) is 0 Å². The Bertz CT molecular complexity index is 473. The fraction of sp³-hybridized carbons (Fsp3) is 0.250. The van der Waals surface area contributed by atoms with E-state index >= 15 is 0 Å². The molecular formula is C8H4BrF2N3O2. The van der Waals surface area contributed by atoms with Crippen molar-refractivity contribution in [2.24, 2.45) is 0 Å². The van der Waals surface area contributed by atoms with E-state index in [4.69, 9.17) is 5.26 Å². The van der Waals surface area contributed by atoms with Crippen LogP contribution in [-0.2, 0) is 5.33 Å². The summed E-state index contributed by atoms with van der Waals surface area (Å²) in [6.45, 7) is 0. The van der Waals surface area contributed by atoms with Crippen molar-refractivity contribution >= 4 is 21.6 Å². The highest BCUT2D eigenvalue weighted by Gasteiger charge is 2.28. The topological polar surface area (TPSA) is 79.8 Å². The minimum atomic E-state index is -3.00. The van der Waals surface area contributed by atoms with Crippen molar-refractivity contribution in [1.29, 1.82) is 5.26 Å². The predicted octanol–water partition coefficient (Wildman–Crippen LogP) is 2.69. The Labute approximate surface area is 97.0 Å². The van der Waals surface area contributed by atoms with Crippen molar-refractivity contribution in [3.63, 3.8) is 0 Å². The summed E-state index contributed by atoms with van der Waals surface area (Å²) >= 11 is 2.91. The van der Waals surface area contributed by atoms with Gasteiger partial charge in [0.05, 0.1) is 10.5 Å². The van der Waals surface area contributed by atoms with E-state index in [-0.39, 0.29) is 16.6 Å². The van der Waals surface area contributed by atoms with Crippen LogP contribution in [0.25, 0.3) is 0 Å². The second-order valence-electron chi connectivity index (χ2n) is 2.69. The second-order valence-corrected chi connectivity index (χ2v) is 3.25. The van der Waals surface area contributed by atoms with E-state index in [1.54, 1.807) is 6.07 Å². The Balaban J connectivity index is 3.58. The maximum Gasteiger partial charge on any atom is 0.286 e. The molecule has 0 atom stereocenters. The third-order valence-corrected chi connectivity index (χ3v) is 2.40. The van der Waals surface area contributed by atoms with Gasteiger partial charge in [-0.2, -0.15) is 5.26 Å². The zero-order chi connectivity index (χ0) is 12.3. The molecule has 1 aromatic rings. The summed E-state index contributed by atoms with van der Waals surface area (Å²) in [5.41, 5.74) is -1.89. The average Bonchev–Trinajstić information content (AvgIpc) is 2.26. The molecule has 1 heterocycles. The predicted molar refractivity (Wildman–Crippen MR) is 53.2 cm³/mol. The van der Waals surface area contributed by atoms with Crippen molar-refractivity contribution in [3.8, 4) is 6.07 Å². The number of rotatable bonds is 3. The molecule has 0 bridgehead atoms. The SMILES string of the molecule is N#Cc1ncc(C(F)F)c([N+](=O)[O-])c1CBr. The van der Waals surface area contributed by atoms with E-state index in [2.05, 4.69) is 20.9 Å². The molecule has 84 valence electrons. The monoisotopic (exact) mass is 291 g/mol. The van der Waals surface area contributed by atoms with Crippen molar-refractivity contribution in [3.05, 3.63) is 33.1 Å².